The van der Waals surface area contributed by atoms with Crippen LogP contribution < -0.4 is 0 Å². The third kappa shape index (κ3) is 5.03. The van der Waals surface area contributed by atoms with Gasteiger partial charge in [-0.05, 0) is 55.4 Å². The van der Waals surface area contributed by atoms with Gasteiger partial charge in [0.2, 0.25) is 5.82 Å². The van der Waals surface area contributed by atoms with E-state index >= 15 is 0 Å². The molecule has 0 bridgehead atoms. The first-order chi connectivity index (χ1) is 14.2. The maximum absolute atomic E-state index is 5.46. The van der Waals surface area contributed by atoms with Crippen LogP contribution in [0.1, 0.15) is 51.0 Å². The minimum Gasteiger partial charge on any atom is -0.334 e. The van der Waals surface area contributed by atoms with Crippen LogP contribution in [0, 0.1) is 17.8 Å². The largest absolute Gasteiger partial charge is 0.334 e. The summed E-state index contributed by atoms with van der Waals surface area (Å²) in [5.74, 6) is 4.27. The van der Waals surface area contributed by atoms with Crippen molar-refractivity contribution >= 4 is 6.08 Å². The molecule has 1 heterocycles. The van der Waals surface area contributed by atoms with Crippen molar-refractivity contribution in [3.63, 3.8) is 0 Å². The van der Waals surface area contributed by atoms with Gasteiger partial charge in [-0.1, -0.05) is 85.2 Å². The van der Waals surface area contributed by atoms with E-state index in [0.717, 1.165) is 24.8 Å². The Morgan fingerprint density at radius 2 is 1.69 bits per heavy atom. The van der Waals surface area contributed by atoms with Gasteiger partial charge in [-0.15, -0.1) is 0 Å². The van der Waals surface area contributed by atoms with E-state index in [9.17, 15) is 0 Å². The topological polar surface area (TPSA) is 38.9 Å². The van der Waals surface area contributed by atoms with Crippen molar-refractivity contribution in [2.75, 3.05) is 0 Å². The van der Waals surface area contributed by atoms with Crippen LogP contribution in [0.3, 0.4) is 0 Å². The molecule has 1 fully saturated rings. The fourth-order valence-electron chi connectivity index (χ4n) is 4.29. The first kappa shape index (κ1) is 19.6. The molecular formula is C26H29N2O. The molecule has 1 aromatic heterocycles. The molecule has 0 aliphatic heterocycles. The van der Waals surface area contributed by atoms with Gasteiger partial charge in [0, 0.05) is 11.6 Å². The summed E-state index contributed by atoms with van der Waals surface area (Å²) in [5, 5.41) is 4.12. The normalized spacial score (nSPS) is 18.0. The van der Waals surface area contributed by atoms with Gasteiger partial charge in [0.1, 0.15) is 0 Å². The second-order valence-corrected chi connectivity index (χ2v) is 8.23. The molecule has 1 atom stereocenters. The fourth-order valence-corrected chi connectivity index (χ4v) is 4.29. The lowest BCUT2D eigenvalue weighted by atomic mass is 9.73. The third-order valence-corrected chi connectivity index (χ3v) is 6.24. The number of allylic oxidation sites excluding steroid dienone is 1. The minimum absolute atomic E-state index is 0.621. The zero-order valence-electron chi connectivity index (χ0n) is 17.3. The molecule has 0 spiro atoms. The van der Waals surface area contributed by atoms with Gasteiger partial charge in [-0.3, -0.25) is 0 Å². The first-order valence-electron chi connectivity index (χ1n) is 10.6. The van der Waals surface area contributed by atoms with Crippen LogP contribution in [0.15, 0.2) is 70.8 Å². The Hall–Kier alpha value is -2.68. The average Bonchev–Trinajstić information content (AvgIpc) is 3.23. The molecule has 3 aromatic rings. The molecule has 0 N–H and O–H groups in total. The van der Waals surface area contributed by atoms with Crippen LogP contribution in [-0.4, -0.2) is 10.1 Å². The highest BCUT2D eigenvalue weighted by atomic mass is 16.5. The maximum Gasteiger partial charge on any atom is 0.250 e. The Kier molecular flexibility index (Phi) is 6.24. The molecule has 1 saturated carbocycles. The van der Waals surface area contributed by atoms with Crippen molar-refractivity contribution in [3.8, 4) is 11.4 Å². The van der Waals surface area contributed by atoms with E-state index in [1.807, 2.05) is 30.3 Å². The Balaban J connectivity index is 1.32. The minimum atomic E-state index is 0.621. The summed E-state index contributed by atoms with van der Waals surface area (Å²) in [4.78, 5) is 4.54. The highest BCUT2D eigenvalue weighted by molar-refractivity contribution is 5.55. The van der Waals surface area contributed by atoms with Crippen molar-refractivity contribution in [1.29, 1.82) is 0 Å². The second-order valence-electron chi connectivity index (χ2n) is 8.23. The van der Waals surface area contributed by atoms with Crippen molar-refractivity contribution in [1.82, 2.24) is 10.1 Å². The van der Waals surface area contributed by atoms with Crippen molar-refractivity contribution in [2.45, 2.75) is 46.0 Å². The quantitative estimate of drug-likeness (QED) is 0.469. The van der Waals surface area contributed by atoms with Gasteiger partial charge < -0.3 is 4.52 Å². The fraction of sp³-hybridized carbons (Fsp3) is 0.346. The average molecular weight is 386 g/mol. The summed E-state index contributed by atoms with van der Waals surface area (Å²) < 4.78 is 5.46. The summed E-state index contributed by atoms with van der Waals surface area (Å²) in [6, 6.07) is 20.8. The van der Waals surface area contributed by atoms with Crippen LogP contribution in [0.4, 0.5) is 0 Å². The summed E-state index contributed by atoms with van der Waals surface area (Å²) in [5.41, 5.74) is 3.84. The first-order valence-corrected chi connectivity index (χ1v) is 10.6. The smallest absolute Gasteiger partial charge is 0.250 e. The van der Waals surface area contributed by atoms with Crippen LogP contribution in [0.2, 0.25) is 0 Å². The Bertz CT molecular complexity index is 920. The standard InChI is InChI=1S/C26H29N2O/c1-19(17-21-9-5-3-6-10-21)20(2)23-15-13-22(14-16-23)18-25-27-26(28-29-25)24-11-7-4-8-12-24/h3-12,18-19,23H,13-17H2,1-2H3. The number of hydrogen-bond donors (Lipinski definition) is 0. The van der Waals surface area contributed by atoms with Crippen LogP contribution in [0.5, 0.6) is 0 Å². The SMILES string of the molecule is C[C](C(C)Cc1ccccc1)C1CCC(=Cc2nc(-c3ccccc3)no2)CC1. The molecule has 149 valence electrons. The van der Waals surface area contributed by atoms with Crippen molar-refractivity contribution in [2.24, 2.45) is 11.8 Å². The lowest BCUT2D eigenvalue weighted by Gasteiger charge is -2.32. The van der Waals surface area contributed by atoms with Crippen molar-refractivity contribution < 1.29 is 4.52 Å². The van der Waals surface area contributed by atoms with E-state index in [1.54, 1.807) is 5.92 Å². The molecule has 3 nitrogen and oxygen atoms in total. The van der Waals surface area contributed by atoms with Crippen LogP contribution >= 0.6 is 0 Å². The molecule has 1 aliphatic carbocycles. The van der Waals surface area contributed by atoms with E-state index in [2.05, 4.69) is 60.4 Å². The predicted octanol–water partition coefficient (Wildman–Crippen LogP) is 6.78. The number of aromatic nitrogens is 2. The molecule has 1 aliphatic rings. The van der Waals surface area contributed by atoms with Crippen molar-refractivity contribution in [3.05, 3.63) is 83.6 Å². The highest BCUT2D eigenvalue weighted by Gasteiger charge is 2.26. The van der Waals surface area contributed by atoms with Gasteiger partial charge in [0.25, 0.3) is 5.89 Å². The van der Waals surface area contributed by atoms with Gasteiger partial charge in [0.15, 0.2) is 0 Å². The maximum atomic E-state index is 5.46. The zero-order chi connectivity index (χ0) is 20.1. The molecule has 3 heteroatoms. The molecule has 0 amide bonds. The predicted molar refractivity (Wildman–Crippen MR) is 118 cm³/mol. The molecule has 4 rings (SSSR count). The van der Waals surface area contributed by atoms with E-state index in [4.69, 9.17) is 4.52 Å². The van der Waals surface area contributed by atoms with E-state index in [0.29, 0.717) is 23.6 Å². The zero-order valence-corrected chi connectivity index (χ0v) is 17.3. The lowest BCUT2D eigenvalue weighted by Crippen LogP contribution is -2.21. The second kappa shape index (κ2) is 9.21. The van der Waals surface area contributed by atoms with Gasteiger partial charge in [0.05, 0.1) is 0 Å². The third-order valence-electron chi connectivity index (χ3n) is 6.24. The van der Waals surface area contributed by atoms with Gasteiger partial charge in [-0.2, -0.15) is 4.98 Å². The highest BCUT2D eigenvalue weighted by Crippen LogP contribution is 2.38. The number of nitrogens with zero attached hydrogens (tertiary/aromatic N) is 2. The number of hydrogen-bond acceptors (Lipinski definition) is 3. The molecule has 29 heavy (non-hydrogen) atoms. The summed E-state index contributed by atoms with van der Waals surface area (Å²) in [6.45, 7) is 4.73. The summed E-state index contributed by atoms with van der Waals surface area (Å²) in [6.07, 6.45) is 7.90. The lowest BCUT2D eigenvalue weighted by molar-refractivity contribution is 0.365. The summed E-state index contributed by atoms with van der Waals surface area (Å²) in [7, 11) is 0. The monoisotopic (exact) mass is 385 g/mol. The number of rotatable bonds is 6. The number of benzene rings is 2. The van der Waals surface area contributed by atoms with Gasteiger partial charge in [-0.25, -0.2) is 0 Å². The summed E-state index contributed by atoms with van der Waals surface area (Å²) >= 11 is 0. The Labute approximate surface area is 173 Å². The van der Waals surface area contributed by atoms with E-state index < -0.39 is 0 Å². The van der Waals surface area contributed by atoms with Gasteiger partial charge >= 0.3 is 0 Å². The van der Waals surface area contributed by atoms with Crippen LogP contribution in [0.25, 0.3) is 17.5 Å². The Morgan fingerprint density at radius 3 is 2.38 bits per heavy atom. The molecule has 1 unspecified atom stereocenters. The van der Waals surface area contributed by atoms with E-state index in [1.165, 1.54) is 24.0 Å². The molecule has 1 radical (unpaired) electrons. The molecule has 0 saturated heterocycles. The van der Waals surface area contributed by atoms with Crippen LogP contribution in [-0.2, 0) is 6.42 Å². The van der Waals surface area contributed by atoms with E-state index in [-0.39, 0.29) is 0 Å². The Morgan fingerprint density at radius 1 is 1.03 bits per heavy atom. The molecular weight excluding hydrogens is 356 g/mol. The molecule has 2 aromatic carbocycles.